The predicted molar refractivity (Wildman–Crippen MR) is 127 cm³/mol. The molecule has 2 aliphatic heterocycles. The molecule has 158 valence electrons. The minimum atomic E-state index is -0.0371. The number of hydrogen-bond donors (Lipinski definition) is 1. The third-order valence-electron chi connectivity index (χ3n) is 5.43. The summed E-state index contributed by atoms with van der Waals surface area (Å²) < 4.78 is 6.27. The highest BCUT2D eigenvalue weighted by Gasteiger charge is 2.27. The van der Waals surface area contributed by atoms with Gasteiger partial charge in [0.25, 0.3) is 5.91 Å². The third-order valence-corrected chi connectivity index (χ3v) is 7.16. The molecular weight excluding hydrogens is 439 g/mol. The van der Waals surface area contributed by atoms with E-state index in [9.17, 15) is 4.79 Å². The van der Waals surface area contributed by atoms with E-state index in [0.717, 1.165) is 35.7 Å². The Morgan fingerprint density at radius 3 is 2.83 bits per heavy atom. The maximum Gasteiger partial charge on any atom is 0.264 e. The Kier molecular flexibility index (Phi) is 6.94. The topological polar surface area (TPSA) is 41.6 Å². The van der Waals surface area contributed by atoms with Gasteiger partial charge in [0.15, 0.2) is 0 Å². The molecular formula is C23H24Cl2N2O2S. The fraction of sp³-hybridized carbons (Fsp3) is 0.348. The molecule has 0 radical (unpaired) electrons. The molecule has 2 unspecified atom stereocenters. The van der Waals surface area contributed by atoms with Gasteiger partial charge in [-0.05, 0) is 56.7 Å². The van der Waals surface area contributed by atoms with E-state index in [0.29, 0.717) is 27.5 Å². The molecule has 0 bridgehead atoms. The van der Waals surface area contributed by atoms with Crippen LogP contribution in [-0.2, 0) is 4.79 Å². The van der Waals surface area contributed by atoms with E-state index in [4.69, 9.17) is 27.9 Å². The second-order valence-electron chi connectivity index (χ2n) is 7.48. The summed E-state index contributed by atoms with van der Waals surface area (Å²) in [4.78, 5) is 15.6. The highest BCUT2D eigenvalue weighted by molar-refractivity contribution is 8.04. The summed E-state index contributed by atoms with van der Waals surface area (Å²) in [5.74, 6) is 1.57. The van der Waals surface area contributed by atoms with Gasteiger partial charge in [0.2, 0.25) is 0 Å². The fourth-order valence-electron chi connectivity index (χ4n) is 3.79. The molecule has 2 aromatic carbocycles. The normalized spacial score (nSPS) is 21.8. The van der Waals surface area contributed by atoms with Gasteiger partial charge in [0, 0.05) is 29.6 Å². The summed E-state index contributed by atoms with van der Waals surface area (Å²) in [6.07, 6.45) is 4.30. The lowest BCUT2D eigenvalue weighted by molar-refractivity contribution is -0.114. The van der Waals surface area contributed by atoms with Gasteiger partial charge >= 0.3 is 0 Å². The van der Waals surface area contributed by atoms with E-state index in [1.807, 2.05) is 36.4 Å². The van der Waals surface area contributed by atoms with Crippen molar-refractivity contribution in [3.63, 3.8) is 0 Å². The molecule has 0 spiro atoms. The van der Waals surface area contributed by atoms with Crippen LogP contribution in [0.3, 0.4) is 0 Å². The molecule has 0 saturated carbocycles. The van der Waals surface area contributed by atoms with Gasteiger partial charge < -0.3 is 15.0 Å². The highest BCUT2D eigenvalue weighted by Crippen LogP contribution is 2.34. The Morgan fingerprint density at radius 2 is 2.07 bits per heavy atom. The number of carbonyl (C=O) groups excluding carboxylic acids is 1. The molecule has 2 aromatic rings. The van der Waals surface area contributed by atoms with Crippen LogP contribution in [0, 0.1) is 0 Å². The van der Waals surface area contributed by atoms with E-state index in [1.165, 1.54) is 6.42 Å². The maximum absolute atomic E-state index is 13.2. The van der Waals surface area contributed by atoms with Crippen molar-refractivity contribution in [2.45, 2.75) is 31.9 Å². The number of para-hydroxylation sites is 1. The van der Waals surface area contributed by atoms with Crippen molar-refractivity contribution in [2.75, 3.05) is 23.7 Å². The number of halogens is 2. The molecule has 2 heterocycles. The van der Waals surface area contributed by atoms with E-state index in [-0.39, 0.29) is 12.0 Å². The molecule has 2 fully saturated rings. The van der Waals surface area contributed by atoms with Gasteiger partial charge in [0.05, 0.1) is 15.0 Å². The number of hydrogen-bond acceptors (Lipinski definition) is 4. The third kappa shape index (κ3) is 4.80. The first kappa shape index (κ1) is 21.6. The molecule has 4 rings (SSSR count). The summed E-state index contributed by atoms with van der Waals surface area (Å²) in [7, 11) is 0. The number of nitrogens with zero attached hydrogens (tertiary/aromatic N) is 1. The van der Waals surface area contributed by atoms with Gasteiger partial charge in [-0.1, -0.05) is 41.4 Å². The van der Waals surface area contributed by atoms with Crippen molar-refractivity contribution in [1.82, 2.24) is 5.32 Å². The Labute approximate surface area is 191 Å². The van der Waals surface area contributed by atoms with Crippen molar-refractivity contribution in [2.24, 2.45) is 0 Å². The second kappa shape index (κ2) is 9.65. The zero-order valence-corrected chi connectivity index (χ0v) is 19.1. The minimum absolute atomic E-state index is 0.0371. The SMILES string of the molecule is CC(Oc1ccccc1/C=C1\SCCN(c2ccc(Cl)c(Cl)c2)C1=O)C1CCCN1. The van der Waals surface area contributed by atoms with Crippen LogP contribution < -0.4 is 15.0 Å². The Balaban J connectivity index is 1.56. The second-order valence-corrected chi connectivity index (χ2v) is 9.43. The number of carbonyl (C=O) groups is 1. The number of thioether (sulfide) groups is 1. The zero-order chi connectivity index (χ0) is 21.1. The number of rotatable bonds is 5. The molecule has 1 amide bonds. The molecule has 7 heteroatoms. The Hall–Kier alpha value is -1.66. The summed E-state index contributed by atoms with van der Waals surface area (Å²) in [6.45, 7) is 3.76. The van der Waals surface area contributed by atoms with Crippen LogP contribution >= 0.6 is 35.0 Å². The van der Waals surface area contributed by atoms with Crippen LogP contribution in [-0.4, -0.2) is 36.9 Å². The van der Waals surface area contributed by atoms with E-state index < -0.39 is 0 Å². The van der Waals surface area contributed by atoms with Crippen LogP contribution in [0.15, 0.2) is 47.4 Å². The summed E-state index contributed by atoms with van der Waals surface area (Å²) in [6, 6.07) is 13.5. The lowest BCUT2D eigenvalue weighted by Gasteiger charge is -2.28. The van der Waals surface area contributed by atoms with Crippen molar-refractivity contribution >= 4 is 52.6 Å². The van der Waals surface area contributed by atoms with Crippen LogP contribution in [0.1, 0.15) is 25.3 Å². The van der Waals surface area contributed by atoms with Crippen LogP contribution in [0.2, 0.25) is 10.0 Å². The fourth-order valence-corrected chi connectivity index (χ4v) is 5.02. The van der Waals surface area contributed by atoms with Crippen LogP contribution in [0.25, 0.3) is 6.08 Å². The van der Waals surface area contributed by atoms with Gasteiger partial charge in [-0.15, -0.1) is 11.8 Å². The van der Waals surface area contributed by atoms with Crippen molar-refractivity contribution < 1.29 is 9.53 Å². The van der Waals surface area contributed by atoms with Crippen LogP contribution in [0.4, 0.5) is 5.69 Å². The Bertz CT molecular complexity index is 960. The van der Waals surface area contributed by atoms with Gasteiger partial charge in [-0.25, -0.2) is 0 Å². The number of anilines is 1. The smallest absolute Gasteiger partial charge is 0.264 e. The molecule has 2 aliphatic rings. The first-order chi connectivity index (χ1) is 14.5. The van der Waals surface area contributed by atoms with Gasteiger partial charge in [0.1, 0.15) is 11.9 Å². The predicted octanol–water partition coefficient (Wildman–Crippen LogP) is 5.63. The quantitative estimate of drug-likeness (QED) is 0.584. The molecule has 30 heavy (non-hydrogen) atoms. The summed E-state index contributed by atoms with van der Waals surface area (Å²) >= 11 is 13.8. The highest BCUT2D eigenvalue weighted by atomic mass is 35.5. The lowest BCUT2D eigenvalue weighted by atomic mass is 10.1. The first-order valence-corrected chi connectivity index (χ1v) is 11.9. The monoisotopic (exact) mass is 462 g/mol. The minimum Gasteiger partial charge on any atom is -0.488 e. The van der Waals surface area contributed by atoms with Crippen molar-refractivity contribution in [1.29, 1.82) is 0 Å². The first-order valence-electron chi connectivity index (χ1n) is 10.1. The molecule has 2 saturated heterocycles. The Morgan fingerprint density at radius 1 is 1.23 bits per heavy atom. The standard InChI is InChI=1S/C23H24Cl2N2O2S/c1-15(20-6-4-10-26-20)29-21-7-3-2-5-16(21)13-22-23(28)27(11-12-30-22)17-8-9-18(24)19(25)14-17/h2-3,5,7-9,13-15,20,26H,4,6,10-12H2,1H3/b22-13-. The molecule has 4 nitrogen and oxygen atoms in total. The largest absolute Gasteiger partial charge is 0.488 e. The van der Waals surface area contributed by atoms with Gasteiger partial charge in [-0.3, -0.25) is 4.79 Å². The summed E-state index contributed by atoms with van der Waals surface area (Å²) in [5.41, 5.74) is 1.67. The molecule has 0 aliphatic carbocycles. The number of ether oxygens (including phenoxy) is 1. The average Bonchev–Trinajstić information content (AvgIpc) is 3.28. The van der Waals surface area contributed by atoms with E-state index in [2.05, 4.69) is 12.2 Å². The average molecular weight is 463 g/mol. The van der Waals surface area contributed by atoms with E-state index in [1.54, 1.807) is 28.8 Å². The van der Waals surface area contributed by atoms with E-state index >= 15 is 0 Å². The number of nitrogens with one attached hydrogen (secondary N) is 1. The van der Waals surface area contributed by atoms with Crippen molar-refractivity contribution in [3.8, 4) is 5.75 Å². The molecule has 0 aromatic heterocycles. The van der Waals surface area contributed by atoms with Crippen molar-refractivity contribution in [3.05, 3.63) is 63.0 Å². The summed E-state index contributed by atoms with van der Waals surface area (Å²) in [5, 5.41) is 4.41. The zero-order valence-electron chi connectivity index (χ0n) is 16.7. The van der Waals surface area contributed by atoms with Crippen LogP contribution in [0.5, 0.6) is 5.75 Å². The molecule has 2 atom stereocenters. The molecule has 1 N–H and O–H groups in total. The lowest BCUT2D eigenvalue weighted by Crippen LogP contribution is -2.37. The van der Waals surface area contributed by atoms with Gasteiger partial charge in [-0.2, -0.15) is 0 Å². The number of benzene rings is 2. The maximum atomic E-state index is 13.2. The number of amides is 1.